The van der Waals surface area contributed by atoms with E-state index in [0.717, 1.165) is 5.56 Å². The van der Waals surface area contributed by atoms with E-state index in [9.17, 15) is 24.9 Å². The fourth-order valence-corrected chi connectivity index (χ4v) is 4.96. The molecule has 0 bridgehead atoms. The van der Waals surface area contributed by atoms with Crippen molar-refractivity contribution in [2.45, 2.75) is 83.3 Å². The van der Waals surface area contributed by atoms with Gasteiger partial charge in [-0.2, -0.15) is 0 Å². The highest BCUT2D eigenvalue weighted by Crippen LogP contribution is 2.43. The van der Waals surface area contributed by atoms with Gasteiger partial charge in [-0.25, -0.2) is 0 Å². The number of hydrogen-bond acceptors (Lipinski definition) is 10. The minimum atomic E-state index is -0.800. The van der Waals surface area contributed by atoms with Gasteiger partial charge in [-0.3, -0.25) is 14.9 Å². The summed E-state index contributed by atoms with van der Waals surface area (Å²) in [6.07, 6.45) is 0.874. The minimum Gasteiger partial charge on any atom is -0.504 e. The van der Waals surface area contributed by atoms with Gasteiger partial charge in [-0.15, -0.1) is 0 Å². The molecule has 0 aliphatic carbocycles. The van der Waals surface area contributed by atoms with E-state index in [1.807, 2.05) is 0 Å². The van der Waals surface area contributed by atoms with Crippen LogP contribution in [-0.2, 0) is 25.5 Å². The van der Waals surface area contributed by atoms with E-state index < -0.39 is 41.9 Å². The first-order valence-electron chi connectivity index (χ1n) is 12.5. The van der Waals surface area contributed by atoms with Gasteiger partial charge in [0.2, 0.25) is 0 Å². The third-order valence-corrected chi connectivity index (χ3v) is 6.64. The number of methoxy groups -OCH3 is 1. The van der Waals surface area contributed by atoms with Gasteiger partial charge in [-0.1, -0.05) is 6.07 Å². The Morgan fingerprint density at radius 2 is 2.03 bits per heavy atom. The summed E-state index contributed by atoms with van der Waals surface area (Å²) in [5.74, 6) is -0.522. The number of aromatic hydroxyl groups is 1. The van der Waals surface area contributed by atoms with Crippen molar-refractivity contribution in [2.24, 2.45) is 5.41 Å². The number of carbonyl (C=O) groups is 2. The molecule has 1 aliphatic heterocycles. The Morgan fingerprint density at radius 3 is 2.64 bits per heavy atom. The molecule has 5 atom stereocenters. The number of aliphatic hydroxyl groups is 2. The molecule has 0 spiro atoms. The van der Waals surface area contributed by atoms with Gasteiger partial charge in [0.05, 0.1) is 19.8 Å². The number of phenolic OH excluding ortho intramolecular Hbond substituents is 1. The molecule has 10 heteroatoms. The van der Waals surface area contributed by atoms with Crippen LogP contribution in [0.4, 0.5) is 0 Å². The summed E-state index contributed by atoms with van der Waals surface area (Å²) in [5.41, 5.74) is 0.185. The Balaban J connectivity index is 2.42. The fraction of sp³-hybridized carbons (Fsp3) is 0.692. The first-order chi connectivity index (χ1) is 17.1. The minimum absolute atomic E-state index is 0.0146. The van der Waals surface area contributed by atoms with Crippen molar-refractivity contribution in [3.05, 3.63) is 23.8 Å². The zero-order chi connectivity index (χ0) is 26.7. The van der Waals surface area contributed by atoms with Crippen LogP contribution in [-0.4, -0.2) is 79.0 Å². The Morgan fingerprint density at radius 1 is 1.28 bits per heavy atom. The number of carbonyl (C=O) groups excluding carboxylic acids is 2. The molecular weight excluding hydrogens is 468 g/mol. The summed E-state index contributed by atoms with van der Waals surface area (Å²) in [6.45, 7) is 3.58. The van der Waals surface area contributed by atoms with E-state index in [2.05, 4.69) is 10.6 Å². The molecule has 0 unspecified atom stereocenters. The first-order valence-corrected chi connectivity index (χ1v) is 12.5. The van der Waals surface area contributed by atoms with E-state index in [1.54, 1.807) is 32.2 Å². The number of ether oxygens (including phenoxy) is 3. The molecule has 204 valence electrons. The van der Waals surface area contributed by atoms with E-state index in [-0.39, 0.29) is 18.7 Å². The molecule has 2 rings (SSSR count). The molecule has 0 radical (unpaired) electrons. The Kier molecular flexibility index (Phi) is 11.9. The van der Waals surface area contributed by atoms with Crippen molar-refractivity contribution in [3.63, 3.8) is 0 Å². The highest BCUT2D eigenvalue weighted by Gasteiger charge is 2.46. The van der Waals surface area contributed by atoms with Crippen LogP contribution in [0.15, 0.2) is 18.2 Å². The van der Waals surface area contributed by atoms with Gasteiger partial charge >= 0.3 is 11.9 Å². The topological polar surface area (TPSA) is 147 Å². The Labute approximate surface area is 213 Å². The van der Waals surface area contributed by atoms with Gasteiger partial charge in [0.15, 0.2) is 11.5 Å². The van der Waals surface area contributed by atoms with Crippen LogP contribution in [0.3, 0.4) is 0 Å². The molecular formula is C26H42N2O8. The monoisotopic (exact) mass is 510 g/mol. The summed E-state index contributed by atoms with van der Waals surface area (Å²) in [6, 6.07) is 5.08. The summed E-state index contributed by atoms with van der Waals surface area (Å²) in [5, 5.41) is 36.1. The van der Waals surface area contributed by atoms with Crippen LogP contribution < -0.4 is 15.4 Å². The molecule has 1 aromatic rings. The average Bonchev–Trinajstić information content (AvgIpc) is 2.79. The number of piperidine rings is 1. The largest absolute Gasteiger partial charge is 0.504 e. The van der Waals surface area contributed by atoms with E-state index in [0.29, 0.717) is 50.8 Å². The van der Waals surface area contributed by atoms with Gasteiger partial charge in [0.1, 0.15) is 18.4 Å². The van der Waals surface area contributed by atoms with Crippen LogP contribution >= 0.6 is 0 Å². The second kappa shape index (κ2) is 14.4. The summed E-state index contributed by atoms with van der Waals surface area (Å²) >= 11 is 0. The molecule has 0 saturated carbocycles. The zero-order valence-electron chi connectivity index (χ0n) is 21.8. The predicted molar refractivity (Wildman–Crippen MR) is 134 cm³/mol. The number of hydrogen-bond donors (Lipinski definition) is 5. The maximum Gasteiger partial charge on any atom is 0.320 e. The summed E-state index contributed by atoms with van der Waals surface area (Å²) in [7, 11) is 3.13. The quantitative estimate of drug-likeness (QED) is 0.234. The van der Waals surface area contributed by atoms with Gasteiger partial charge < -0.3 is 34.8 Å². The van der Waals surface area contributed by atoms with Gasteiger partial charge in [0, 0.05) is 18.8 Å². The number of phenols is 1. The van der Waals surface area contributed by atoms with Crippen LogP contribution in [0.2, 0.25) is 0 Å². The van der Waals surface area contributed by atoms with Crippen LogP contribution in [0, 0.1) is 5.41 Å². The van der Waals surface area contributed by atoms with Crippen LogP contribution in [0.5, 0.6) is 11.5 Å². The predicted octanol–water partition coefficient (Wildman–Crippen LogP) is 1.64. The molecule has 10 nitrogen and oxygen atoms in total. The third kappa shape index (κ3) is 9.24. The van der Waals surface area contributed by atoms with Crippen molar-refractivity contribution < 1.29 is 39.1 Å². The second-order valence-corrected chi connectivity index (χ2v) is 9.73. The van der Waals surface area contributed by atoms with Crippen molar-refractivity contribution in [3.8, 4) is 11.5 Å². The standard InChI is InChI=1S/C26H42N2O8/c1-17(29)6-5-7-20(35-18(2)30)13-23(36-25(33)16-27-3)26(10-11-28-24(32)15-26)14-19-8-9-21(31)22(12-19)34-4/h8-9,12,17,20,23-24,27-29,31-32H,5-7,10-11,13-16H2,1-4H3/t17-,20+,23+,24-,26-/m0/s1. The highest BCUT2D eigenvalue weighted by molar-refractivity contribution is 5.72. The van der Waals surface area contributed by atoms with E-state index in [4.69, 9.17) is 14.2 Å². The number of rotatable bonds is 14. The molecule has 0 amide bonds. The SMILES string of the molecule is CNCC(=O)O[C@H](C[C@@H](CCC[C@H](C)O)OC(C)=O)[C@]1(Cc2ccc(O)c(OC)c2)CCN[C@@H](O)C1. The van der Waals surface area contributed by atoms with Crippen LogP contribution in [0.25, 0.3) is 0 Å². The maximum atomic E-state index is 12.7. The molecule has 1 saturated heterocycles. The Bertz CT molecular complexity index is 849. The number of nitrogens with one attached hydrogen (secondary N) is 2. The molecule has 1 aliphatic rings. The molecule has 1 aromatic carbocycles. The lowest BCUT2D eigenvalue weighted by atomic mass is 9.68. The number of aliphatic hydroxyl groups excluding tert-OH is 2. The van der Waals surface area contributed by atoms with Crippen molar-refractivity contribution in [1.29, 1.82) is 0 Å². The van der Waals surface area contributed by atoms with Gasteiger partial charge in [-0.05, 0) is 76.7 Å². The number of benzene rings is 1. The first kappa shape index (κ1) is 29.8. The molecule has 0 aromatic heterocycles. The molecule has 1 fully saturated rings. The lowest BCUT2D eigenvalue weighted by molar-refractivity contribution is -0.166. The van der Waals surface area contributed by atoms with Crippen molar-refractivity contribution >= 4 is 11.9 Å². The molecule has 36 heavy (non-hydrogen) atoms. The highest BCUT2D eigenvalue weighted by atomic mass is 16.6. The van der Waals surface area contributed by atoms with E-state index >= 15 is 0 Å². The lowest BCUT2D eigenvalue weighted by Crippen LogP contribution is -2.53. The normalized spacial score (nSPS) is 22.3. The molecule has 5 N–H and O–H groups in total. The lowest BCUT2D eigenvalue weighted by Gasteiger charge is -2.45. The summed E-state index contributed by atoms with van der Waals surface area (Å²) in [4.78, 5) is 24.5. The van der Waals surface area contributed by atoms with Crippen molar-refractivity contribution in [2.75, 3.05) is 27.2 Å². The van der Waals surface area contributed by atoms with Crippen molar-refractivity contribution in [1.82, 2.24) is 10.6 Å². The average molecular weight is 511 g/mol. The molecule has 1 heterocycles. The number of esters is 2. The maximum absolute atomic E-state index is 12.7. The number of likely N-dealkylation sites (N-methyl/N-ethyl adjacent to an activating group) is 1. The van der Waals surface area contributed by atoms with Crippen LogP contribution in [0.1, 0.15) is 57.9 Å². The summed E-state index contributed by atoms with van der Waals surface area (Å²) < 4.78 is 16.9. The zero-order valence-corrected chi connectivity index (χ0v) is 21.8. The van der Waals surface area contributed by atoms with E-state index in [1.165, 1.54) is 14.0 Å². The fourth-order valence-electron chi connectivity index (χ4n) is 4.96. The second-order valence-electron chi connectivity index (χ2n) is 9.73. The smallest absolute Gasteiger partial charge is 0.320 e. The Hall–Kier alpha value is -2.40. The third-order valence-electron chi connectivity index (χ3n) is 6.64. The van der Waals surface area contributed by atoms with Gasteiger partial charge in [0.25, 0.3) is 0 Å².